The van der Waals surface area contributed by atoms with Crippen LogP contribution < -0.4 is 5.32 Å². The van der Waals surface area contributed by atoms with E-state index < -0.39 is 5.97 Å². The topological polar surface area (TPSA) is 67.2 Å². The molecule has 3 rings (SSSR count). The molecule has 1 unspecified atom stereocenters. The second-order valence-electron chi connectivity index (χ2n) is 6.28. The Bertz CT molecular complexity index is 687. The summed E-state index contributed by atoms with van der Waals surface area (Å²) in [5.41, 5.74) is 3.81. The number of nitrogens with zero attached hydrogens (tertiary/aromatic N) is 2. The number of aromatic carboxylic acids is 1. The molecule has 0 radical (unpaired) electrons. The Hall–Kier alpha value is -2.30. The van der Waals surface area contributed by atoms with Crippen molar-refractivity contribution in [1.29, 1.82) is 0 Å². The first-order chi connectivity index (χ1) is 11.1. The Morgan fingerprint density at radius 2 is 2.09 bits per heavy atom. The summed E-state index contributed by atoms with van der Waals surface area (Å²) in [5, 5.41) is 17.0. The molecule has 1 fully saturated rings. The molecule has 0 saturated heterocycles. The summed E-state index contributed by atoms with van der Waals surface area (Å²) in [7, 11) is 0. The van der Waals surface area contributed by atoms with E-state index in [2.05, 4.69) is 28.9 Å². The molecule has 1 aliphatic rings. The Morgan fingerprint density at radius 3 is 2.65 bits per heavy atom. The summed E-state index contributed by atoms with van der Waals surface area (Å²) in [6.07, 6.45) is 5.47. The Morgan fingerprint density at radius 1 is 1.39 bits per heavy atom. The van der Waals surface area contributed by atoms with E-state index in [4.69, 9.17) is 5.11 Å². The lowest BCUT2D eigenvalue weighted by molar-refractivity contribution is 0.0697. The highest BCUT2D eigenvalue weighted by Gasteiger charge is 2.31. The molecule has 1 atom stereocenters. The number of hydrogen-bond acceptors (Lipinski definition) is 3. The van der Waals surface area contributed by atoms with E-state index in [0.29, 0.717) is 24.1 Å². The van der Waals surface area contributed by atoms with Crippen LogP contribution in [-0.4, -0.2) is 20.9 Å². The number of rotatable bonds is 7. The fourth-order valence-electron chi connectivity index (χ4n) is 2.76. The maximum absolute atomic E-state index is 10.9. The molecule has 2 N–H and O–H groups in total. The van der Waals surface area contributed by atoms with Gasteiger partial charge in [-0.25, -0.2) is 4.79 Å². The van der Waals surface area contributed by atoms with Crippen molar-refractivity contribution in [2.24, 2.45) is 0 Å². The van der Waals surface area contributed by atoms with E-state index in [9.17, 15) is 4.79 Å². The zero-order chi connectivity index (χ0) is 16.4. The van der Waals surface area contributed by atoms with Gasteiger partial charge in [-0.1, -0.05) is 19.1 Å². The first-order valence-electron chi connectivity index (χ1n) is 8.23. The van der Waals surface area contributed by atoms with Crippen molar-refractivity contribution >= 4 is 11.7 Å². The van der Waals surface area contributed by atoms with Crippen LogP contribution >= 0.6 is 0 Å². The number of anilines is 1. The minimum absolute atomic E-state index is 0.317. The molecule has 0 amide bonds. The van der Waals surface area contributed by atoms with E-state index in [1.807, 2.05) is 18.3 Å². The molecule has 0 bridgehead atoms. The van der Waals surface area contributed by atoms with E-state index in [1.165, 1.54) is 18.5 Å². The van der Waals surface area contributed by atoms with Crippen LogP contribution in [0.3, 0.4) is 0 Å². The van der Waals surface area contributed by atoms with Crippen molar-refractivity contribution in [1.82, 2.24) is 9.78 Å². The molecule has 1 heterocycles. The highest BCUT2D eigenvalue weighted by atomic mass is 16.4. The number of carbonyl (C=O) groups is 1. The van der Waals surface area contributed by atoms with Gasteiger partial charge in [0.05, 0.1) is 23.1 Å². The number of carboxylic acids is 1. The van der Waals surface area contributed by atoms with Gasteiger partial charge >= 0.3 is 5.97 Å². The van der Waals surface area contributed by atoms with Crippen LogP contribution in [0.1, 0.15) is 66.7 Å². The van der Waals surface area contributed by atoms with Gasteiger partial charge in [-0.3, -0.25) is 4.68 Å². The third kappa shape index (κ3) is 3.38. The third-order valence-corrected chi connectivity index (χ3v) is 4.49. The summed E-state index contributed by atoms with van der Waals surface area (Å²) < 4.78 is 2.16. The zero-order valence-electron chi connectivity index (χ0n) is 13.6. The van der Waals surface area contributed by atoms with Crippen molar-refractivity contribution in [3.05, 3.63) is 47.3 Å². The summed E-state index contributed by atoms with van der Waals surface area (Å²) in [6, 6.07) is 7.41. The number of benzene rings is 1. The molecule has 2 aromatic rings. The van der Waals surface area contributed by atoms with Gasteiger partial charge in [-0.2, -0.15) is 5.10 Å². The maximum Gasteiger partial charge on any atom is 0.335 e. The molecular weight excluding hydrogens is 290 g/mol. The average Bonchev–Trinajstić information content (AvgIpc) is 3.32. The first-order valence-corrected chi connectivity index (χ1v) is 8.23. The molecule has 23 heavy (non-hydrogen) atoms. The van der Waals surface area contributed by atoms with Crippen LogP contribution in [0.4, 0.5) is 5.69 Å². The van der Waals surface area contributed by atoms with Crippen LogP contribution in [-0.2, 0) is 6.54 Å². The monoisotopic (exact) mass is 313 g/mol. The molecular formula is C18H23N3O2. The summed E-state index contributed by atoms with van der Waals surface area (Å²) in [4.78, 5) is 10.9. The van der Waals surface area contributed by atoms with Gasteiger partial charge < -0.3 is 10.4 Å². The number of carboxylic acid groups (broad SMARTS) is 1. The second kappa shape index (κ2) is 6.44. The fraction of sp³-hybridized carbons (Fsp3) is 0.444. The average molecular weight is 313 g/mol. The lowest BCUT2D eigenvalue weighted by Gasteiger charge is -2.15. The van der Waals surface area contributed by atoms with Gasteiger partial charge in [-0.05, 0) is 43.9 Å². The third-order valence-electron chi connectivity index (χ3n) is 4.49. The van der Waals surface area contributed by atoms with Crippen LogP contribution in [0.15, 0.2) is 30.5 Å². The Kier molecular flexibility index (Phi) is 4.37. The van der Waals surface area contributed by atoms with Gasteiger partial charge in [0.15, 0.2) is 0 Å². The minimum Gasteiger partial charge on any atom is -0.478 e. The van der Waals surface area contributed by atoms with Crippen molar-refractivity contribution in [3.8, 4) is 0 Å². The van der Waals surface area contributed by atoms with Gasteiger partial charge in [-0.15, -0.1) is 0 Å². The van der Waals surface area contributed by atoms with Gasteiger partial charge in [0.2, 0.25) is 0 Å². The van der Waals surface area contributed by atoms with Gasteiger partial charge in [0, 0.05) is 18.5 Å². The smallest absolute Gasteiger partial charge is 0.335 e. The van der Waals surface area contributed by atoms with Crippen molar-refractivity contribution in [3.63, 3.8) is 0 Å². The minimum atomic E-state index is -0.893. The van der Waals surface area contributed by atoms with Gasteiger partial charge in [0.1, 0.15) is 0 Å². The highest BCUT2D eigenvalue weighted by Crippen LogP contribution is 2.44. The Balaban J connectivity index is 1.73. The second-order valence-corrected chi connectivity index (χ2v) is 6.28. The predicted molar refractivity (Wildman–Crippen MR) is 89.9 cm³/mol. The van der Waals surface area contributed by atoms with Gasteiger partial charge in [0.25, 0.3) is 0 Å². The first kappa shape index (κ1) is 15.6. The highest BCUT2D eigenvalue weighted by molar-refractivity contribution is 5.87. The number of nitrogens with one attached hydrogen (secondary N) is 1. The lowest BCUT2D eigenvalue weighted by Crippen LogP contribution is -2.10. The fourth-order valence-corrected chi connectivity index (χ4v) is 2.76. The molecule has 0 spiro atoms. The molecule has 122 valence electrons. The number of hydrogen-bond donors (Lipinski definition) is 2. The van der Waals surface area contributed by atoms with Crippen molar-refractivity contribution < 1.29 is 9.90 Å². The summed E-state index contributed by atoms with van der Waals surface area (Å²) in [5.74, 6) is -0.265. The number of aromatic nitrogens is 2. The standard InChI is InChI=1S/C18H23N3O2/c1-3-12(2)21-17(14-8-9-14)16(11-20-21)19-10-13-4-6-15(7-5-13)18(22)23/h4-7,11-12,14,19H,3,8-10H2,1-2H3,(H,22,23). The predicted octanol–water partition coefficient (Wildman–Crippen LogP) is 4.04. The normalized spacial score (nSPS) is 15.4. The quantitative estimate of drug-likeness (QED) is 0.809. The molecule has 1 aliphatic carbocycles. The summed E-state index contributed by atoms with van der Waals surface area (Å²) in [6.45, 7) is 5.05. The molecule has 1 aromatic carbocycles. The Labute approximate surface area is 136 Å². The zero-order valence-corrected chi connectivity index (χ0v) is 13.6. The molecule has 1 aromatic heterocycles. The van der Waals surface area contributed by atoms with Crippen LogP contribution in [0, 0.1) is 0 Å². The lowest BCUT2D eigenvalue weighted by atomic mass is 10.1. The van der Waals surface area contributed by atoms with E-state index in [1.54, 1.807) is 12.1 Å². The molecule has 1 saturated carbocycles. The molecule has 5 heteroatoms. The summed E-state index contributed by atoms with van der Waals surface area (Å²) >= 11 is 0. The van der Waals surface area contributed by atoms with E-state index in [0.717, 1.165) is 17.7 Å². The molecule has 5 nitrogen and oxygen atoms in total. The van der Waals surface area contributed by atoms with E-state index >= 15 is 0 Å². The SMILES string of the molecule is CCC(C)n1ncc(NCc2ccc(C(=O)O)cc2)c1C1CC1. The molecule has 0 aliphatic heterocycles. The van der Waals surface area contributed by atoms with Crippen molar-refractivity contribution in [2.75, 3.05) is 5.32 Å². The van der Waals surface area contributed by atoms with Crippen molar-refractivity contribution in [2.45, 2.75) is 51.6 Å². The van der Waals surface area contributed by atoms with Crippen LogP contribution in [0.5, 0.6) is 0 Å². The maximum atomic E-state index is 10.9. The van der Waals surface area contributed by atoms with E-state index in [-0.39, 0.29) is 0 Å². The largest absolute Gasteiger partial charge is 0.478 e. The van der Waals surface area contributed by atoms with Crippen LogP contribution in [0.25, 0.3) is 0 Å². The van der Waals surface area contributed by atoms with Crippen LogP contribution in [0.2, 0.25) is 0 Å².